The molecule has 3 nitrogen and oxygen atoms in total. The fourth-order valence-electron chi connectivity index (χ4n) is 0.876. The normalized spacial score (nSPS) is 13.5. The van der Waals surface area contributed by atoms with Gasteiger partial charge in [0.25, 0.3) is 0 Å². The number of hydrogen-bond donors (Lipinski definition) is 1. The first-order valence-electron chi connectivity index (χ1n) is 4.83. The summed E-state index contributed by atoms with van der Waals surface area (Å²) in [6.07, 6.45) is 2.70. The molecule has 4 heteroatoms. The minimum absolute atomic E-state index is 0.178. The van der Waals surface area contributed by atoms with Crippen LogP contribution in [-0.4, -0.2) is 29.7 Å². The van der Waals surface area contributed by atoms with Crippen LogP contribution in [0.25, 0.3) is 0 Å². The predicted molar refractivity (Wildman–Crippen MR) is 61.8 cm³/mol. The van der Waals surface area contributed by atoms with Gasteiger partial charge in [0.05, 0.1) is 0 Å². The third-order valence-corrected chi connectivity index (χ3v) is 2.16. The van der Waals surface area contributed by atoms with Gasteiger partial charge >= 0.3 is 6.09 Å². The monoisotopic (exact) mass is 219 g/mol. The lowest BCUT2D eigenvalue weighted by Crippen LogP contribution is -2.37. The van der Waals surface area contributed by atoms with Gasteiger partial charge in [-0.25, -0.2) is 4.79 Å². The Hall–Kier alpha value is -0.380. The highest BCUT2D eigenvalue weighted by Gasteiger charge is 2.17. The smallest absolute Gasteiger partial charge is 0.407 e. The van der Waals surface area contributed by atoms with Crippen LogP contribution in [0.1, 0.15) is 34.1 Å². The van der Waals surface area contributed by atoms with Gasteiger partial charge < -0.3 is 10.1 Å². The van der Waals surface area contributed by atoms with Crippen molar-refractivity contribution in [3.63, 3.8) is 0 Å². The van der Waals surface area contributed by atoms with Crippen LogP contribution in [0.2, 0.25) is 0 Å². The average Bonchev–Trinajstić information content (AvgIpc) is 1.96. The molecule has 0 aliphatic rings. The van der Waals surface area contributed by atoms with Crippen LogP contribution in [0.3, 0.4) is 0 Å². The Morgan fingerprint density at radius 1 is 1.50 bits per heavy atom. The van der Waals surface area contributed by atoms with Gasteiger partial charge in [-0.1, -0.05) is 0 Å². The summed E-state index contributed by atoms with van der Waals surface area (Å²) < 4.78 is 5.13. The van der Waals surface area contributed by atoms with Gasteiger partial charge in [-0.2, -0.15) is 11.8 Å². The highest BCUT2D eigenvalue weighted by Crippen LogP contribution is 2.07. The SMILES string of the molecule is CSCCC(C)NC(=O)OC(C)(C)C. The summed E-state index contributed by atoms with van der Waals surface area (Å²) in [4.78, 5) is 11.3. The van der Waals surface area contributed by atoms with Crippen molar-refractivity contribution in [3.8, 4) is 0 Å². The zero-order valence-electron chi connectivity index (χ0n) is 9.72. The van der Waals surface area contributed by atoms with E-state index in [1.807, 2.05) is 27.7 Å². The molecule has 0 saturated heterocycles. The number of rotatable bonds is 4. The second-order valence-electron chi connectivity index (χ2n) is 4.33. The number of alkyl carbamates (subject to hydrolysis) is 1. The molecule has 14 heavy (non-hydrogen) atoms. The third-order valence-electron chi connectivity index (χ3n) is 1.52. The second kappa shape index (κ2) is 6.17. The molecule has 0 radical (unpaired) electrons. The highest BCUT2D eigenvalue weighted by atomic mass is 32.2. The first kappa shape index (κ1) is 13.6. The van der Waals surface area contributed by atoms with Crippen LogP contribution in [0.4, 0.5) is 4.79 Å². The fraction of sp³-hybridized carbons (Fsp3) is 0.900. The first-order chi connectivity index (χ1) is 6.35. The summed E-state index contributed by atoms with van der Waals surface area (Å²) in [5.74, 6) is 1.05. The van der Waals surface area contributed by atoms with Gasteiger partial charge in [0.1, 0.15) is 5.60 Å². The van der Waals surface area contributed by atoms with E-state index in [4.69, 9.17) is 4.74 Å². The van der Waals surface area contributed by atoms with Gasteiger partial charge in [-0.3, -0.25) is 0 Å². The number of carbonyl (C=O) groups is 1. The van der Waals surface area contributed by atoms with E-state index in [1.54, 1.807) is 11.8 Å². The predicted octanol–water partition coefficient (Wildman–Crippen LogP) is 2.65. The lowest BCUT2D eigenvalue weighted by molar-refractivity contribution is 0.0508. The van der Waals surface area contributed by atoms with Crippen molar-refractivity contribution in [2.45, 2.75) is 45.8 Å². The van der Waals surface area contributed by atoms with Crippen molar-refractivity contribution in [2.75, 3.05) is 12.0 Å². The van der Waals surface area contributed by atoms with E-state index < -0.39 is 5.60 Å². The van der Waals surface area contributed by atoms with E-state index in [0.29, 0.717) is 0 Å². The Morgan fingerprint density at radius 3 is 2.50 bits per heavy atom. The van der Waals surface area contributed by atoms with Crippen LogP contribution in [0.5, 0.6) is 0 Å². The van der Waals surface area contributed by atoms with Gasteiger partial charge in [-0.15, -0.1) is 0 Å². The maximum absolute atomic E-state index is 11.3. The van der Waals surface area contributed by atoms with E-state index in [1.165, 1.54) is 0 Å². The van der Waals surface area contributed by atoms with Crippen molar-refractivity contribution in [1.82, 2.24) is 5.32 Å². The molecular weight excluding hydrogens is 198 g/mol. The van der Waals surface area contributed by atoms with Crippen molar-refractivity contribution < 1.29 is 9.53 Å². The van der Waals surface area contributed by atoms with Crippen LogP contribution < -0.4 is 5.32 Å². The van der Waals surface area contributed by atoms with Gasteiger partial charge in [0.2, 0.25) is 0 Å². The van der Waals surface area contributed by atoms with E-state index >= 15 is 0 Å². The molecule has 1 N–H and O–H groups in total. The van der Waals surface area contributed by atoms with Gasteiger partial charge in [0.15, 0.2) is 0 Å². The van der Waals surface area contributed by atoms with Crippen LogP contribution >= 0.6 is 11.8 Å². The Labute approximate surface area is 91.0 Å². The summed E-state index contributed by atoms with van der Waals surface area (Å²) in [6.45, 7) is 7.57. The largest absolute Gasteiger partial charge is 0.444 e. The minimum Gasteiger partial charge on any atom is -0.444 e. The second-order valence-corrected chi connectivity index (χ2v) is 5.31. The van der Waals surface area contributed by atoms with Gasteiger partial charge in [0, 0.05) is 6.04 Å². The number of nitrogens with one attached hydrogen (secondary N) is 1. The zero-order valence-corrected chi connectivity index (χ0v) is 10.5. The molecule has 0 rings (SSSR count). The standard InChI is InChI=1S/C10H21NO2S/c1-8(6-7-14-5)11-9(12)13-10(2,3)4/h8H,6-7H2,1-5H3,(H,11,12). The molecule has 0 aromatic heterocycles. The maximum atomic E-state index is 11.3. The Morgan fingerprint density at radius 2 is 2.07 bits per heavy atom. The molecule has 0 aliphatic heterocycles. The third kappa shape index (κ3) is 8.23. The molecule has 1 unspecified atom stereocenters. The molecule has 1 atom stereocenters. The van der Waals surface area contributed by atoms with Gasteiger partial charge in [-0.05, 0) is 46.1 Å². The Balaban J connectivity index is 3.71. The number of ether oxygens (including phenoxy) is 1. The maximum Gasteiger partial charge on any atom is 0.407 e. The van der Waals surface area contributed by atoms with Crippen molar-refractivity contribution in [1.29, 1.82) is 0 Å². The highest BCUT2D eigenvalue weighted by molar-refractivity contribution is 7.98. The number of carbonyl (C=O) groups excluding carboxylic acids is 1. The molecule has 0 saturated carbocycles. The average molecular weight is 219 g/mol. The van der Waals surface area contributed by atoms with E-state index in [0.717, 1.165) is 12.2 Å². The summed E-state index contributed by atoms with van der Waals surface area (Å²) in [5.41, 5.74) is -0.413. The Kier molecular flexibility index (Phi) is 6.00. The summed E-state index contributed by atoms with van der Waals surface area (Å²) in [5, 5.41) is 2.80. The first-order valence-corrected chi connectivity index (χ1v) is 6.23. The van der Waals surface area contributed by atoms with Crippen LogP contribution in [-0.2, 0) is 4.74 Å². The molecule has 0 aromatic rings. The number of thioether (sulfide) groups is 1. The molecule has 0 fully saturated rings. The zero-order chi connectivity index (χ0) is 11.2. The minimum atomic E-state index is -0.413. The van der Waals surface area contributed by atoms with E-state index in [2.05, 4.69) is 11.6 Å². The topological polar surface area (TPSA) is 38.3 Å². The van der Waals surface area contributed by atoms with E-state index in [9.17, 15) is 4.79 Å². The van der Waals surface area contributed by atoms with Crippen LogP contribution in [0, 0.1) is 0 Å². The molecule has 0 bridgehead atoms. The summed E-state index contributed by atoms with van der Waals surface area (Å²) in [6, 6.07) is 0.178. The molecule has 0 spiro atoms. The number of amides is 1. The number of hydrogen-bond acceptors (Lipinski definition) is 3. The summed E-state index contributed by atoms with van der Waals surface area (Å²) >= 11 is 1.78. The molecule has 0 aromatic carbocycles. The fourth-order valence-corrected chi connectivity index (χ4v) is 1.46. The molecule has 1 amide bonds. The molecular formula is C10H21NO2S. The molecule has 84 valence electrons. The summed E-state index contributed by atoms with van der Waals surface area (Å²) in [7, 11) is 0. The van der Waals surface area contributed by atoms with Crippen molar-refractivity contribution >= 4 is 17.9 Å². The van der Waals surface area contributed by atoms with E-state index in [-0.39, 0.29) is 12.1 Å². The lowest BCUT2D eigenvalue weighted by Gasteiger charge is -2.21. The Bertz CT molecular complexity index is 177. The van der Waals surface area contributed by atoms with Crippen molar-refractivity contribution in [3.05, 3.63) is 0 Å². The quantitative estimate of drug-likeness (QED) is 0.790. The molecule has 0 aliphatic carbocycles. The van der Waals surface area contributed by atoms with Crippen molar-refractivity contribution in [2.24, 2.45) is 0 Å². The molecule has 0 heterocycles. The van der Waals surface area contributed by atoms with Crippen LogP contribution in [0.15, 0.2) is 0 Å². The lowest BCUT2D eigenvalue weighted by atomic mass is 10.2.